The maximum Gasteiger partial charge on any atom is 0.0850 e. The lowest BCUT2D eigenvalue weighted by molar-refractivity contribution is 0.488. The third-order valence-electron chi connectivity index (χ3n) is 2.66. The van der Waals surface area contributed by atoms with Gasteiger partial charge in [0.05, 0.1) is 5.69 Å². The highest BCUT2D eigenvalue weighted by Crippen LogP contribution is 2.15. The highest BCUT2D eigenvalue weighted by Gasteiger charge is 2.10. The summed E-state index contributed by atoms with van der Waals surface area (Å²) in [6.45, 7) is 3.25. The van der Waals surface area contributed by atoms with E-state index in [1.54, 1.807) is 0 Å². The van der Waals surface area contributed by atoms with Gasteiger partial charge in [0.2, 0.25) is 0 Å². The average molecular weight is 191 g/mol. The zero-order chi connectivity index (χ0) is 9.97. The van der Waals surface area contributed by atoms with Crippen molar-refractivity contribution < 1.29 is 0 Å². The molecule has 3 nitrogen and oxygen atoms in total. The lowest BCUT2D eigenvalue weighted by Gasteiger charge is -2.21. The van der Waals surface area contributed by atoms with Crippen LogP contribution in [0, 0.1) is 0 Å². The minimum absolute atomic E-state index is 0.663. The molecule has 1 aromatic heterocycles. The van der Waals surface area contributed by atoms with Gasteiger partial charge in [-0.2, -0.15) is 5.10 Å². The summed E-state index contributed by atoms with van der Waals surface area (Å²) in [6.07, 6.45) is 6.60. The maximum absolute atomic E-state index is 4.34. The van der Waals surface area contributed by atoms with Crippen molar-refractivity contribution in [3.8, 4) is 0 Å². The van der Waals surface area contributed by atoms with Crippen LogP contribution >= 0.6 is 0 Å². The number of nitrogens with one attached hydrogen (secondary N) is 1. The maximum atomic E-state index is 4.34. The van der Waals surface area contributed by atoms with E-state index in [-0.39, 0.29) is 0 Å². The van der Waals surface area contributed by atoms with E-state index in [0.29, 0.717) is 6.04 Å². The smallest absolute Gasteiger partial charge is 0.0850 e. The molecule has 1 aromatic rings. The Bertz CT molecular complexity index is 328. The molecule has 2 rings (SSSR count). The van der Waals surface area contributed by atoms with Crippen LogP contribution in [0.3, 0.4) is 0 Å². The van der Waals surface area contributed by atoms with Gasteiger partial charge in [0.25, 0.3) is 0 Å². The standard InChI is InChI=1S/C11H17N3/c1-9-3-4-10(8-12-9)7-11-5-6-14(2)13-11/h5-7,9,12H,3-4,8H2,1-2H3/b10-7-. The minimum Gasteiger partial charge on any atom is -0.311 e. The van der Waals surface area contributed by atoms with Gasteiger partial charge in [-0.25, -0.2) is 0 Å². The molecule has 1 saturated heterocycles. The van der Waals surface area contributed by atoms with Crippen molar-refractivity contribution in [2.24, 2.45) is 7.05 Å². The van der Waals surface area contributed by atoms with Gasteiger partial charge in [0, 0.05) is 25.8 Å². The quantitative estimate of drug-likeness (QED) is 0.730. The molecule has 0 saturated carbocycles. The largest absolute Gasteiger partial charge is 0.311 e. The molecule has 76 valence electrons. The number of aryl methyl sites for hydroxylation is 1. The molecule has 0 amide bonds. The third-order valence-corrected chi connectivity index (χ3v) is 2.66. The number of piperidine rings is 1. The molecule has 1 aliphatic rings. The van der Waals surface area contributed by atoms with Gasteiger partial charge in [-0.15, -0.1) is 0 Å². The molecule has 1 atom stereocenters. The SMILES string of the molecule is CC1CC/C(=C/c2ccn(C)n2)CN1. The topological polar surface area (TPSA) is 29.9 Å². The molecule has 1 fully saturated rings. The van der Waals surface area contributed by atoms with E-state index in [9.17, 15) is 0 Å². The second-order valence-electron chi connectivity index (χ2n) is 4.04. The lowest BCUT2D eigenvalue weighted by Crippen LogP contribution is -2.32. The van der Waals surface area contributed by atoms with Crippen LogP contribution in [0.25, 0.3) is 6.08 Å². The van der Waals surface area contributed by atoms with Gasteiger partial charge in [0.15, 0.2) is 0 Å². The van der Waals surface area contributed by atoms with Crippen LogP contribution in [-0.2, 0) is 7.05 Å². The Labute approximate surface area is 84.8 Å². The molecule has 3 heteroatoms. The lowest BCUT2D eigenvalue weighted by atomic mass is 10.0. The van der Waals surface area contributed by atoms with Crippen LogP contribution in [0.1, 0.15) is 25.5 Å². The van der Waals surface area contributed by atoms with Crippen molar-refractivity contribution in [3.05, 3.63) is 23.5 Å². The molecular formula is C11H17N3. The number of hydrogen-bond acceptors (Lipinski definition) is 2. The molecular weight excluding hydrogens is 174 g/mol. The minimum atomic E-state index is 0.663. The van der Waals surface area contributed by atoms with E-state index in [2.05, 4.69) is 23.4 Å². The van der Waals surface area contributed by atoms with Crippen LogP contribution < -0.4 is 5.32 Å². The van der Waals surface area contributed by atoms with Crippen LogP contribution in [-0.4, -0.2) is 22.4 Å². The number of rotatable bonds is 1. The van der Waals surface area contributed by atoms with E-state index in [1.165, 1.54) is 18.4 Å². The summed E-state index contributed by atoms with van der Waals surface area (Å²) in [5.41, 5.74) is 2.53. The van der Waals surface area contributed by atoms with E-state index in [4.69, 9.17) is 0 Å². The number of aromatic nitrogens is 2. The van der Waals surface area contributed by atoms with Crippen molar-refractivity contribution in [1.29, 1.82) is 0 Å². The average Bonchev–Trinajstić information content (AvgIpc) is 2.56. The van der Waals surface area contributed by atoms with Crippen molar-refractivity contribution in [2.45, 2.75) is 25.8 Å². The zero-order valence-electron chi connectivity index (χ0n) is 8.83. The second-order valence-corrected chi connectivity index (χ2v) is 4.04. The van der Waals surface area contributed by atoms with Gasteiger partial charge in [-0.05, 0) is 31.9 Å². The van der Waals surface area contributed by atoms with E-state index in [0.717, 1.165) is 12.2 Å². The summed E-state index contributed by atoms with van der Waals surface area (Å²) in [5.74, 6) is 0. The van der Waals surface area contributed by atoms with Crippen LogP contribution in [0.4, 0.5) is 0 Å². The highest BCUT2D eigenvalue weighted by atomic mass is 15.2. The Morgan fingerprint density at radius 2 is 2.50 bits per heavy atom. The molecule has 0 aromatic carbocycles. The predicted octanol–water partition coefficient (Wildman–Crippen LogP) is 1.58. The van der Waals surface area contributed by atoms with Crippen LogP contribution in [0.5, 0.6) is 0 Å². The van der Waals surface area contributed by atoms with Crippen LogP contribution in [0.2, 0.25) is 0 Å². The molecule has 0 bridgehead atoms. The zero-order valence-corrected chi connectivity index (χ0v) is 8.83. The predicted molar refractivity (Wildman–Crippen MR) is 57.9 cm³/mol. The molecule has 1 N–H and O–H groups in total. The fourth-order valence-corrected chi connectivity index (χ4v) is 1.74. The first-order valence-corrected chi connectivity index (χ1v) is 5.16. The summed E-state index contributed by atoms with van der Waals surface area (Å²) in [5, 5.41) is 7.79. The van der Waals surface area contributed by atoms with Crippen molar-refractivity contribution in [1.82, 2.24) is 15.1 Å². The molecule has 1 unspecified atom stereocenters. The van der Waals surface area contributed by atoms with Gasteiger partial charge in [-0.3, -0.25) is 4.68 Å². The fourth-order valence-electron chi connectivity index (χ4n) is 1.74. The second kappa shape index (κ2) is 3.96. The van der Waals surface area contributed by atoms with Gasteiger partial charge in [-0.1, -0.05) is 5.57 Å². The summed E-state index contributed by atoms with van der Waals surface area (Å²) in [6, 6.07) is 2.71. The Hall–Kier alpha value is -1.09. The molecule has 0 radical (unpaired) electrons. The first-order valence-electron chi connectivity index (χ1n) is 5.16. The molecule has 2 heterocycles. The number of nitrogens with zero attached hydrogens (tertiary/aromatic N) is 2. The van der Waals surface area contributed by atoms with Crippen molar-refractivity contribution in [3.63, 3.8) is 0 Å². The highest BCUT2D eigenvalue weighted by molar-refractivity contribution is 5.49. The first-order chi connectivity index (χ1) is 6.74. The molecule has 0 aliphatic carbocycles. The monoisotopic (exact) mass is 191 g/mol. The van der Waals surface area contributed by atoms with Crippen molar-refractivity contribution in [2.75, 3.05) is 6.54 Å². The Morgan fingerprint density at radius 1 is 1.64 bits per heavy atom. The Balaban J connectivity index is 2.04. The summed E-state index contributed by atoms with van der Waals surface area (Å²) < 4.78 is 1.84. The summed E-state index contributed by atoms with van der Waals surface area (Å²) >= 11 is 0. The van der Waals surface area contributed by atoms with Gasteiger partial charge >= 0.3 is 0 Å². The first kappa shape index (κ1) is 9.46. The van der Waals surface area contributed by atoms with E-state index in [1.807, 2.05) is 24.0 Å². The van der Waals surface area contributed by atoms with E-state index < -0.39 is 0 Å². The summed E-state index contributed by atoms with van der Waals surface area (Å²) in [4.78, 5) is 0. The number of hydrogen-bond donors (Lipinski definition) is 1. The third kappa shape index (κ3) is 2.23. The van der Waals surface area contributed by atoms with Crippen molar-refractivity contribution >= 4 is 6.08 Å². The fraction of sp³-hybridized carbons (Fsp3) is 0.545. The molecule has 1 aliphatic heterocycles. The van der Waals surface area contributed by atoms with Gasteiger partial charge < -0.3 is 5.32 Å². The Morgan fingerprint density at radius 3 is 3.07 bits per heavy atom. The normalized spacial score (nSPS) is 25.6. The Kier molecular flexibility index (Phi) is 2.68. The molecule has 14 heavy (non-hydrogen) atoms. The van der Waals surface area contributed by atoms with E-state index >= 15 is 0 Å². The van der Waals surface area contributed by atoms with Crippen LogP contribution in [0.15, 0.2) is 17.8 Å². The summed E-state index contributed by atoms with van der Waals surface area (Å²) in [7, 11) is 1.95. The van der Waals surface area contributed by atoms with Gasteiger partial charge in [0.1, 0.15) is 0 Å². The molecule has 0 spiro atoms.